The number of carboxylic acid groups (broad SMARTS) is 1. The number of nitroso groups, excluding NO2 is 1. The van der Waals surface area contributed by atoms with Crippen molar-refractivity contribution in [1.29, 1.82) is 0 Å². The summed E-state index contributed by atoms with van der Waals surface area (Å²) in [7, 11) is 0. The van der Waals surface area contributed by atoms with Crippen molar-refractivity contribution in [3.63, 3.8) is 0 Å². The molecule has 1 aliphatic rings. The summed E-state index contributed by atoms with van der Waals surface area (Å²) in [4.78, 5) is 20.0. The molecule has 0 radical (unpaired) electrons. The third kappa shape index (κ3) is 7.17. The van der Waals surface area contributed by atoms with Crippen LogP contribution in [0.5, 0.6) is 0 Å². The van der Waals surface area contributed by atoms with Crippen molar-refractivity contribution in [2.75, 3.05) is 26.2 Å². The van der Waals surface area contributed by atoms with Crippen molar-refractivity contribution < 1.29 is 9.90 Å². The first kappa shape index (κ1) is 14.8. The molecule has 0 saturated carbocycles. The van der Waals surface area contributed by atoms with Gasteiger partial charge in [-0.25, -0.2) is 0 Å². The molecule has 2 N–H and O–H groups in total. The highest BCUT2D eigenvalue weighted by Crippen LogP contribution is 2.11. The maximum absolute atomic E-state index is 10.0. The number of carbonyl (C=O) groups is 1. The average molecular weight is 231 g/mol. The van der Waals surface area contributed by atoms with Crippen molar-refractivity contribution in [2.45, 2.75) is 27.2 Å². The minimum Gasteiger partial charge on any atom is -0.481 e. The Balaban J connectivity index is 0.000000293. The zero-order chi connectivity index (χ0) is 12.6. The smallest absolute Gasteiger partial charge is 0.308 e. The molecule has 0 spiro atoms. The summed E-state index contributed by atoms with van der Waals surface area (Å²) >= 11 is 0. The number of carboxylic acids is 1. The van der Waals surface area contributed by atoms with E-state index in [1.165, 1.54) is 0 Å². The first-order chi connectivity index (χ1) is 7.38. The second-order valence-electron chi connectivity index (χ2n) is 4.69. The largest absolute Gasteiger partial charge is 0.481 e. The van der Waals surface area contributed by atoms with E-state index in [0.717, 1.165) is 32.6 Å². The molecular formula is C10H21N3O3. The zero-order valence-electron chi connectivity index (χ0n) is 10.2. The van der Waals surface area contributed by atoms with Crippen LogP contribution in [0.3, 0.4) is 0 Å². The number of nitrogens with one attached hydrogen (secondary N) is 1. The van der Waals surface area contributed by atoms with Gasteiger partial charge in [0.15, 0.2) is 0 Å². The van der Waals surface area contributed by atoms with Gasteiger partial charge in [0.2, 0.25) is 0 Å². The Labute approximate surface area is 96.0 Å². The third-order valence-electron chi connectivity index (χ3n) is 2.07. The van der Waals surface area contributed by atoms with Crippen molar-refractivity contribution in [1.82, 2.24) is 10.3 Å². The molecule has 1 rings (SSSR count). The number of hydrogen-bond donors (Lipinski definition) is 2. The van der Waals surface area contributed by atoms with Crippen LogP contribution in [0, 0.1) is 10.3 Å². The van der Waals surface area contributed by atoms with E-state index in [2.05, 4.69) is 10.6 Å². The predicted octanol–water partition coefficient (Wildman–Crippen LogP) is 1.08. The van der Waals surface area contributed by atoms with Crippen LogP contribution in [-0.4, -0.2) is 42.3 Å². The standard InChI is InChI=1S/C5H11N3O.C5H10O2/c9-7-8-4-1-2-6-3-5-8;1-5(2,3)4(6)7/h6H,1-5H2;1-3H3,(H,6,7). The van der Waals surface area contributed by atoms with Gasteiger partial charge in [-0.2, -0.15) is 0 Å². The second kappa shape index (κ2) is 7.16. The highest BCUT2D eigenvalue weighted by molar-refractivity contribution is 5.72. The molecule has 6 heteroatoms. The van der Waals surface area contributed by atoms with Crippen molar-refractivity contribution in [3.05, 3.63) is 4.91 Å². The summed E-state index contributed by atoms with van der Waals surface area (Å²) in [5.74, 6) is -0.757. The lowest BCUT2D eigenvalue weighted by molar-refractivity contribution is -0.145. The molecular weight excluding hydrogens is 210 g/mol. The Bertz CT molecular complexity index is 218. The molecule has 1 heterocycles. The van der Waals surface area contributed by atoms with Crippen molar-refractivity contribution >= 4 is 5.97 Å². The fourth-order valence-electron chi connectivity index (χ4n) is 0.913. The van der Waals surface area contributed by atoms with E-state index in [1.54, 1.807) is 25.8 Å². The Morgan fingerprint density at radius 1 is 1.31 bits per heavy atom. The normalized spacial score (nSPS) is 16.8. The lowest BCUT2D eigenvalue weighted by atomic mass is 9.98. The van der Waals surface area contributed by atoms with Crippen LogP contribution in [0.15, 0.2) is 5.29 Å². The highest BCUT2D eigenvalue weighted by Gasteiger charge is 2.18. The maximum Gasteiger partial charge on any atom is 0.308 e. The molecule has 0 atom stereocenters. The van der Waals surface area contributed by atoms with Crippen LogP contribution in [0.2, 0.25) is 0 Å². The summed E-state index contributed by atoms with van der Waals surface area (Å²) in [6.07, 6.45) is 1.02. The predicted molar refractivity (Wildman–Crippen MR) is 61.9 cm³/mol. The van der Waals surface area contributed by atoms with Gasteiger partial charge in [-0.1, -0.05) is 0 Å². The van der Waals surface area contributed by atoms with Gasteiger partial charge in [0.1, 0.15) is 0 Å². The fourth-order valence-corrected chi connectivity index (χ4v) is 0.913. The molecule has 1 fully saturated rings. The lowest BCUT2D eigenvalue weighted by Crippen LogP contribution is -2.22. The molecule has 0 amide bonds. The molecule has 94 valence electrons. The Morgan fingerprint density at radius 3 is 2.31 bits per heavy atom. The second-order valence-corrected chi connectivity index (χ2v) is 4.69. The van der Waals surface area contributed by atoms with Crippen LogP contribution in [-0.2, 0) is 4.79 Å². The molecule has 1 saturated heterocycles. The van der Waals surface area contributed by atoms with Gasteiger partial charge in [-0.15, -0.1) is 4.91 Å². The Hall–Kier alpha value is -1.17. The molecule has 0 aliphatic carbocycles. The fraction of sp³-hybridized carbons (Fsp3) is 0.900. The highest BCUT2D eigenvalue weighted by atomic mass is 16.4. The van der Waals surface area contributed by atoms with Gasteiger partial charge in [0.25, 0.3) is 0 Å². The van der Waals surface area contributed by atoms with E-state index < -0.39 is 11.4 Å². The SMILES string of the molecule is CC(C)(C)C(=O)O.O=NN1CCCNCC1. The maximum atomic E-state index is 10.0. The topological polar surface area (TPSA) is 82.0 Å². The molecule has 1 aliphatic heterocycles. The van der Waals surface area contributed by atoms with E-state index in [0.29, 0.717) is 0 Å². The number of rotatable bonds is 1. The van der Waals surface area contributed by atoms with E-state index in [9.17, 15) is 9.70 Å². The van der Waals surface area contributed by atoms with Crippen molar-refractivity contribution in [3.8, 4) is 0 Å². The first-order valence-corrected chi connectivity index (χ1v) is 5.40. The quantitative estimate of drug-likeness (QED) is 0.660. The average Bonchev–Trinajstić information content (AvgIpc) is 2.44. The minimum absolute atomic E-state index is 0.583. The first-order valence-electron chi connectivity index (χ1n) is 5.40. The molecule has 16 heavy (non-hydrogen) atoms. The van der Waals surface area contributed by atoms with Gasteiger partial charge in [-0.3, -0.25) is 9.80 Å². The molecule has 6 nitrogen and oxygen atoms in total. The number of hydrogen-bond acceptors (Lipinski definition) is 4. The number of aliphatic carboxylic acids is 1. The molecule has 0 aromatic heterocycles. The van der Waals surface area contributed by atoms with Gasteiger partial charge in [0, 0.05) is 13.1 Å². The molecule has 0 bridgehead atoms. The molecule has 0 aromatic carbocycles. The van der Waals surface area contributed by atoms with Crippen LogP contribution in [0.25, 0.3) is 0 Å². The Morgan fingerprint density at radius 2 is 1.88 bits per heavy atom. The Kier molecular flexibility index (Phi) is 6.64. The van der Waals surface area contributed by atoms with E-state index in [4.69, 9.17) is 5.11 Å². The van der Waals surface area contributed by atoms with E-state index in [1.807, 2.05) is 0 Å². The summed E-state index contributed by atoms with van der Waals surface area (Å²) in [6.45, 7) is 8.43. The van der Waals surface area contributed by atoms with Gasteiger partial charge in [0.05, 0.1) is 17.2 Å². The zero-order valence-corrected chi connectivity index (χ0v) is 10.2. The lowest BCUT2D eigenvalue weighted by Gasteiger charge is -2.08. The van der Waals surface area contributed by atoms with Crippen LogP contribution < -0.4 is 5.32 Å². The van der Waals surface area contributed by atoms with Crippen LogP contribution in [0.4, 0.5) is 0 Å². The van der Waals surface area contributed by atoms with Crippen molar-refractivity contribution in [2.24, 2.45) is 10.7 Å². The summed E-state index contributed by atoms with van der Waals surface area (Å²) in [5.41, 5.74) is -0.583. The van der Waals surface area contributed by atoms with Crippen LogP contribution >= 0.6 is 0 Å². The molecule has 0 unspecified atom stereocenters. The van der Waals surface area contributed by atoms with Gasteiger partial charge >= 0.3 is 5.97 Å². The van der Waals surface area contributed by atoms with Crippen LogP contribution in [0.1, 0.15) is 27.2 Å². The van der Waals surface area contributed by atoms with E-state index >= 15 is 0 Å². The summed E-state index contributed by atoms with van der Waals surface area (Å²) in [6, 6.07) is 0. The number of nitrogens with zero attached hydrogens (tertiary/aromatic N) is 2. The minimum atomic E-state index is -0.757. The molecule has 0 aromatic rings. The van der Waals surface area contributed by atoms with Gasteiger partial charge < -0.3 is 10.4 Å². The third-order valence-corrected chi connectivity index (χ3v) is 2.07. The summed E-state index contributed by atoms with van der Waals surface area (Å²) < 4.78 is 0. The van der Waals surface area contributed by atoms with E-state index in [-0.39, 0.29) is 0 Å². The summed E-state index contributed by atoms with van der Waals surface area (Å²) in [5, 5.41) is 15.8. The van der Waals surface area contributed by atoms with Gasteiger partial charge in [-0.05, 0) is 33.7 Å². The monoisotopic (exact) mass is 231 g/mol.